The third-order valence-electron chi connectivity index (χ3n) is 2.51. The molecule has 1 aliphatic rings. The molecule has 0 saturated heterocycles. The Morgan fingerprint density at radius 3 is 2.78 bits per heavy atom. The summed E-state index contributed by atoms with van der Waals surface area (Å²) in [5.74, 6) is -0.727. The molecule has 0 aromatic heterocycles. The van der Waals surface area contributed by atoms with Gasteiger partial charge in [-0.25, -0.2) is 0 Å². The number of hydrogen-bond acceptors (Lipinski definition) is 2. The number of rotatable bonds is 4. The third-order valence-corrected chi connectivity index (χ3v) is 2.72. The molecule has 0 radical (unpaired) electrons. The topological polar surface area (TPSA) is 63.4 Å². The monoisotopic (exact) mass is 288 g/mol. The van der Waals surface area contributed by atoms with Gasteiger partial charge < -0.3 is 10.6 Å². The summed E-state index contributed by atoms with van der Waals surface area (Å²) >= 11 is 11.2. The van der Waals surface area contributed by atoms with Crippen molar-refractivity contribution in [3.63, 3.8) is 0 Å². The molecule has 0 bridgehead atoms. The largest absolute Gasteiger partial charge is 0.368 e. The Morgan fingerprint density at radius 1 is 1.61 bits per heavy atom. The van der Waals surface area contributed by atoms with Crippen LogP contribution in [0.3, 0.4) is 0 Å². The summed E-state index contributed by atoms with van der Waals surface area (Å²) in [6, 6.07) is -0.657. The van der Waals surface area contributed by atoms with E-state index in [-0.39, 0.29) is 16.8 Å². The Morgan fingerprint density at radius 2 is 2.28 bits per heavy atom. The molecule has 0 spiro atoms. The van der Waals surface area contributed by atoms with Crippen LogP contribution in [0, 0.1) is 0 Å². The van der Waals surface area contributed by atoms with Crippen LogP contribution in [-0.2, 0) is 9.59 Å². The zero-order valence-electron chi connectivity index (χ0n) is 9.90. The number of carbonyl (C=O) groups is 2. The van der Waals surface area contributed by atoms with E-state index < -0.39 is 11.9 Å². The highest BCUT2D eigenvalue weighted by atomic mass is 35.5. The molecule has 0 aromatic rings. The lowest BCUT2D eigenvalue weighted by Gasteiger charge is -2.25. The van der Waals surface area contributed by atoms with Crippen LogP contribution in [0.25, 0.3) is 0 Å². The van der Waals surface area contributed by atoms with E-state index >= 15 is 0 Å². The predicted octanol–water partition coefficient (Wildman–Crippen LogP) is 2.24. The Bertz CT molecular complexity index is 437. The van der Waals surface area contributed by atoms with Crippen molar-refractivity contribution in [1.29, 1.82) is 0 Å². The van der Waals surface area contributed by atoms with Crippen molar-refractivity contribution in [2.24, 2.45) is 5.73 Å². The first kappa shape index (κ1) is 14.8. The lowest BCUT2D eigenvalue weighted by molar-refractivity contribution is -0.135. The van der Waals surface area contributed by atoms with Gasteiger partial charge in [0, 0.05) is 12.6 Å². The van der Waals surface area contributed by atoms with Crippen LogP contribution < -0.4 is 5.73 Å². The average Bonchev–Trinajstić information content (AvgIpc) is 2.42. The molecule has 1 atom stereocenters. The fraction of sp³-hybridized carbons (Fsp3) is 0.333. The molecule has 1 unspecified atom stereocenters. The van der Waals surface area contributed by atoms with E-state index in [1.807, 2.05) is 0 Å². The highest BCUT2D eigenvalue weighted by molar-refractivity contribution is 6.56. The number of primary amides is 1. The van der Waals surface area contributed by atoms with E-state index in [0.29, 0.717) is 12.0 Å². The van der Waals surface area contributed by atoms with E-state index in [1.54, 1.807) is 19.1 Å². The van der Waals surface area contributed by atoms with E-state index in [2.05, 4.69) is 0 Å². The van der Waals surface area contributed by atoms with Crippen LogP contribution in [0.15, 0.2) is 34.5 Å². The van der Waals surface area contributed by atoms with Crippen LogP contribution in [0.4, 0.5) is 0 Å². The molecule has 0 saturated carbocycles. The van der Waals surface area contributed by atoms with Crippen molar-refractivity contribution in [3.8, 4) is 0 Å². The maximum atomic E-state index is 11.9. The molecule has 1 rings (SSSR count). The van der Waals surface area contributed by atoms with Gasteiger partial charge in [-0.15, -0.1) is 0 Å². The lowest BCUT2D eigenvalue weighted by atomic mass is 10.1. The van der Waals surface area contributed by atoms with Crippen molar-refractivity contribution in [1.82, 2.24) is 4.90 Å². The van der Waals surface area contributed by atoms with E-state index in [9.17, 15) is 9.59 Å². The SMILES string of the molecule is CCC(C(N)=O)N1C=C(C=C(Cl)Cl)C=CCC1=O. The Labute approximate surface area is 116 Å². The second-order valence-corrected chi connectivity index (χ2v) is 4.80. The van der Waals surface area contributed by atoms with E-state index in [0.717, 1.165) is 0 Å². The molecule has 1 aliphatic heterocycles. The number of allylic oxidation sites excluding steroid dienone is 3. The van der Waals surface area contributed by atoms with Gasteiger partial charge in [0.15, 0.2) is 0 Å². The maximum absolute atomic E-state index is 11.9. The highest BCUT2D eigenvalue weighted by Gasteiger charge is 2.25. The van der Waals surface area contributed by atoms with Crippen LogP contribution in [0.1, 0.15) is 19.8 Å². The number of carbonyl (C=O) groups excluding carboxylic acids is 2. The minimum Gasteiger partial charge on any atom is -0.368 e. The Kier molecular flexibility index (Phi) is 5.44. The number of nitrogens with zero attached hydrogens (tertiary/aromatic N) is 1. The fourth-order valence-corrected chi connectivity index (χ4v) is 1.94. The summed E-state index contributed by atoms with van der Waals surface area (Å²) in [5.41, 5.74) is 5.93. The van der Waals surface area contributed by atoms with Crippen molar-refractivity contribution < 1.29 is 9.59 Å². The Hall–Kier alpha value is -1.26. The quantitative estimate of drug-likeness (QED) is 0.862. The zero-order chi connectivity index (χ0) is 13.7. The smallest absolute Gasteiger partial charge is 0.240 e. The van der Waals surface area contributed by atoms with Crippen molar-refractivity contribution in [2.45, 2.75) is 25.8 Å². The van der Waals surface area contributed by atoms with E-state index in [1.165, 1.54) is 17.2 Å². The number of amides is 2. The molecule has 18 heavy (non-hydrogen) atoms. The highest BCUT2D eigenvalue weighted by Crippen LogP contribution is 2.18. The molecule has 98 valence electrons. The molecule has 2 N–H and O–H groups in total. The van der Waals surface area contributed by atoms with Gasteiger partial charge in [0.2, 0.25) is 11.8 Å². The summed E-state index contributed by atoms with van der Waals surface area (Å²) in [6.07, 6.45) is 7.10. The van der Waals surface area contributed by atoms with Crippen LogP contribution in [-0.4, -0.2) is 22.8 Å². The van der Waals surface area contributed by atoms with Gasteiger partial charge in [0.1, 0.15) is 10.5 Å². The maximum Gasteiger partial charge on any atom is 0.240 e. The van der Waals surface area contributed by atoms with Gasteiger partial charge in [0.05, 0.1) is 0 Å². The van der Waals surface area contributed by atoms with Crippen molar-refractivity contribution in [3.05, 3.63) is 34.5 Å². The molecule has 0 aromatic carbocycles. The second kappa shape index (κ2) is 6.61. The van der Waals surface area contributed by atoms with Crippen molar-refractivity contribution >= 4 is 35.0 Å². The average molecular weight is 289 g/mol. The summed E-state index contributed by atoms with van der Waals surface area (Å²) in [6.45, 7) is 1.79. The summed E-state index contributed by atoms with van der Waals surface area (Å²) in [5, 5.41) is 0. The molecular formula is C12H14Cl2N2O2. The Balaban J connectivity index is 3.11. The molecule has 0 fully saturated rings. The van der Waals surface area contributed by atoms with Crippen LogP contribution >= 0.6 is 23.2 Å². The molecule has 6 heteroatoms. The standard InChI is InChI=1S/C12H14Cl2N2O2/c1-2-9(12(15)18)16-7-8(6-10(13)14)4-3-5-11(16)17/h3-4,6-7,9H,2,5H2,1H3,(H2,15,18). The van der Waals surface area contributed by atoms with Crippen molar-refractivity contribution in [2.75, 3.05) is 0 Å². The van der Waals surface area contributed by atoms with Crippen LogP contribution in [0.2, 0.25) is 0 Å². The first-order valence-electron chi connectivity index (χ1n) is 5.47. The van der Waals surface area contributed by atoms with Crippen LogP contribution in [0.5, 0.6) is 0 Å². The number of nitrogens with two attached hydrogens (primary N) is 1. The van der Waals surface area contributed by atoms with E-state index in [4.69, 9.17) is 28.9 Å². The molecular weight excluding hydrogens is 275 g/mol. The minimum atomic E-state index is -0.657. The fourth-order valence-electron chi connectivity index (χ4n) is 1.69. The zero-order valence-corrected chi connectivity index (χ0v) is 11.4. The summed E-state index contributed by atoms with van der Waals surface area (Å²) < 4.78 is 0.0762. The normalized spacial score (nSPS) is 16.9. The summed E-state index contributed by atoms with van der Waals surface area (Å²) in [7, 11) is 0. The summed E-state index contributed by atoms with van der Waals surface area (Å²) in [4.78, 5) is 24.6. The molecule has 4 nitrogen and oxygen atoms in total. The van der Waals surface area contributed by atoms with Gasteiger partial charge in [-0.05, 0) is 18.1 Å². The number of hydrogen-bond donors (Lipinski definition) is 1. The lowest BCUT2D eigenvalue weighted by Crippen LogP contribution is -2.44. The molecule has 1 heterocycles. The first-order chi connectivity index (χ1) is 8.45. The number of halogens is 2. The van der Waals surface area contributed by atoms with Gasteiger partial charge >= 0.3 is 0 Å². The van der Waals surface area contributed by atoms with Gasteiger partial charge in [-0.2, -0.15) is 0 Å². The minimum absolute atomic E-state index is 0.0762. The van der Waals surface area contributed by atoms with Gasteiger partial charge in [0.25, 0.3) is 0 Å². The first-order valence-corrected chi connectivity index (χ1v) is 6.22. The van der Waals surface area contributed by atoms with Gasteiger partial charge in [-0.3, -0.25) is 9.59 Å². The third kappa shape index (κ3) is 3.89. The van der Waals surface area contributed by atoms with Gasteiger partial charge in [-0.1, -0.05) is 42.3 Å². The predicted molar refractivity (Wildman–Crippen MR) is 71.7 cm³/mol. The second-order valence-electron chi connectivity index (χ2n) is 3.80. The molecule has 0 aliphatic carbocycles. The molecule has 2 amide bonds.